The van der Waals surface area contributed by atoms with Gasteiger partial charge in [-0.25, -0.2) is 9.97 Å². The van der Waals surface area contributed by atoms with Crippen molar-refractivity contribution in [2.75, 3.05) is 43.9 Å². The smallest absolute Gasteiger partial charge is 0.137 e. The highest BCUT2D eigenvalue weighted by Gasteiger charge is 2.25. The summed E-state index contributed by atoms with van der Waals surface area (Å²) >= 11 is 0. The van der Waals surface area contributed by atoms with Crippen molar-refractivity contribution in [1.29, 1.82) is 0 Å². The fourth-order valence-corrected chi connectivity index (χ4v) is 3.02. The van der Waals surface area contributed by atoms with E-state index >= 15 is 0 Å². The molecule has 118 valence electrons. The van der Waals surface area contributed by atoms with Gasteiger partial charge in [0.1, 0.15) is 17.5 Å². The van der Waals surface area contributed by atoms with Crippen molar-refractivity contribution in [3.8, 4) is 0 Å². The molecule has 1 unspecified atom stereocenters. The summed E-state index contributed by atoms with van der Waals surface area (Å²) in [4.78, 5) is 14.4. The number of rotatable bonds is 5. The predicted molar refractivity (Wildman–Crippen MR) is 89.2 cm³/mol. The van der Waals surface area contributed by atoms with Crippen molar-refractivity contribution < 1.29 is 0 Å². The number of nitrogens with one attached hydrogen (secondary N) is 1. The van der Waals surface area contributed by atoms with Crippen LogP contribution in [0.4, 0.5) is 11.6 Å². The van der Waals surface area contributed by atoms with E-state index in [1.54, 1.807) is 0 Å². The summed E-state index contributed by atoms with van der Waals surface area (Å²) in [6, 6.07) is 0.612. The molecule has 1 aliphatic heterocycles. The van der Waals surface area contributed by atoms with Crippen LogP contribution in [0.2, 0.25) is 0 Å². The van der Waals surface area contributed by atoms with Gasteiger partial charge in [-0.15, -0.1) is 0 Å². The number of aryl methyl sites for hydroxylation is 1. The van der Waals surface area contributed by atoms with E-state index in [1.165, 1.54) is 6.42 Å². The average molecular weight is 291 g/mol. The van der Waals surface area contributed by atoms with E-state index in [0.717, 1.165) is 55.5 Å². The maximum absolute atomic E-state index is 4.84. The van der Waals surface area contributed by atoms with Crippen molar-refractivity contribution in [3.63, 3.8) is 0 Å². The Bertz CT molecular complexity index is 474. The maximum Gasteiger partial charge on any atom is 0.137 e. The summed E-state index contributed by atoms with van der Waals surface area (Å²) in [6.07, 6.45) is 3.19. The number of aromatic nitrogens is 2. The second kappa shape index (κ2) is 7.07. The van der Waals surface area contributed by atoms with Gasteiger partial charge < -0.3 is 10.2 Å². The third kappa shape index (κ3) is 3.46. The Morgan fingerprint density at radius 2 is 2.00 bits per heavy atom. The lowest BCUT2D eigenvalue weighted by Gasteiger charge is -2.40. The van der Waals surface area contributed by atoms with Gasteiger partial charge in [0, 0.05) is 44.7 Å². The minimum absolute atomic E-state index is 0.612. The minimum atomic E-state index is 0.612. The number of anilines is 2. The van der Waals surface area contributed by atoms with Crippen LogP contribution in [-0.4, -0.2) is 54.6 Å². The van der Waals surface area contributed by atoms with E-state index in [4.69, 9.17) is 4.98 Å². The Morgan fingerprint density at radius 1 is 1.24 bits per heavy atom. The van der Waals surface area contributed by atoms with E-state index in [1.807, 2.05) is 7.05 Å². The summed E-state index contributed by atoms with van der Waals surface area (Å²) in [5, 5.41) is 3.22. The van der Waals surface area contributed by atoms with E-state index in [2.05, 4.69) is 47.9 Å². The zero-order valence-electron chi connectivity index (χ0n) is 14.1. The van der Waals surface area contributed by atoms with Gasteiger partial charge in [0.25, 0.3) is 0 Å². The van der Waals surface area contributed by atoms with Crippen LogP contribution in [0.15, 0.2) is 0 Å². The molecule has 0 saturated carbocycles. The molecule has 1 atom stereocenters. The molecule has 0 amide bonds. The van der Waals surface area contributed by atoms with Crippen molar-refractivity contribution in [3.05, 3.63) is 11.4 Å². The Kier molecular flexibility index (Phi) is 5.39. The normalized spacial score (nSPS) is 19.9. The predicted octanol–water partition coefficient (Wildman–Crippen LogP) is 2.31. The van der Waals surface area contributed by atoms with Crippen LogP contribution in [0.1, 0.15) is 38.1 Å². The first-order valence-electron chi connectivity index (χ1n) is 8.11. The van der Waals surface area contributed by atoms with E-state index in [0.29, 0.717) is 6.04 Å². The Hall–Kier alpha value is -1.36. The second-order valence-electron chi connectivity index (χ2n) is 5.93. The van der Waals surface area contributed by atoms with Crippen molar-refractivity contribution >= 4 is 11.6 Å². The monoisotopic (exact) mass is 291 g/mol. The molecule has 0 spiro atoms. The summed E-state index contributed by atoms with van der Waals surface area (Å²) in [6.45, 7) is 9.75. The molecular formula is C16H29N5. The van der Waals surface area contributed by atoms with Crippen LogP contribution in [0.3, 0.4) is 0 Å². The molecule has 0 bridgehead atoms. The zero-order valence-corrected chi connectivity index (χ0v) is 14.1. The summed E-state index contributed by atoms with van der Waals surface area (Å²) in [7, 11) is 4.16. The molecule has 2 rings (SSSR count). The van der Waals surface area contributed by atoms with E-state index in [-0.39, 0.29) is 0 Å². The van der Waals surface area contributed by atoms with Crippen molar-refractivity contribution in [2.24, 2.45) is 0 Å². The van der Waals surface area contributed by atoms with Gasteiger partial charge in [-0.3, -0.25) is 4.90 Å². The molecule has 1 saturated heterocycles. The summed E-state index contributed by atoms with van der Waals surface area (Å²) in [5.41, 5.74) is 1.16. The lowest BCUT2D eigenvalue weighted by molar-refractivity contribution is 0.212. The number of nitrogens with zero attached hydrogens (tertiary/aromatic N) is 4. The molecule has 1 N–H and O–H groups in total. The molecule has 0 aromatic carbocycles. The van der Waals surface area contributed by atoms with Gasteiger partial charge in [0.2, 0.25) is 0 Å². The third-order valence-corrected chi connectivity index (χ3v) is 4.42. The average Bonchev–Trinajstić information content (AvgIpc) is 2.49. The maximum atomic E-state index is 4.84. The topological polar surface area (TPSA) is 44.3 Å². The Labute approximate surface area is 128 Å². The molecule has 1 aromatic rings. The lowest BCUT2D eigenvalue weighted by Crippen LogP contribution is -2.51. The highest BCUT2D eigenvalue weighted by Crippen LogP contribution is 2.26. The highest BCUT2D eigenvalue weighted by molar-refractivity contribution is 5.58. The molecule has 5 heteroatoms. The van der Waals surface area contributed by atoms with E-state index < -0.39 is 0 Å². The first kappa shape index (κ1) is 16.0. The van der Waals surface area contributed by atoms with E-state index in [9.17, 15) is 0 Å². The van der Waals surface area contributed by atoms with Crippen LogP contribution in [0.5, 0.6) is 0 Å². The number of piperazine rings is 1. The fraction of sp³-hybridized carbons (Fsp3) is 0.750. The lowest BCUT2D eigenvalue weighted by atomic mass is 10.1. The Balaban J connectivity index is 2.31. The molecule has 2 heterocycles. The number of likely N-dealkylation sites (N-methyl/N-ethyl adjacent to an activating group) is 1. The summed E-state index contributed by atoms with van der Waals surface area (Å²) in [5.74, 6) is 3.04. The largest absolute Gasteiger partial charge is 0.373 e. The summed E-state index contributed by atoms with van der Waals surface area (Å²) < 4.78 is 0. The van der Waals surface area contributed by atoms with Gasteiger partial charge in [-0.05, 0) is 26.8 Å². The van der Waals surface area contributed by atoms with Crippen LogP contribution in [-0.2, 0) is 6.42 Å². The Morgan fingerprint density at radius 3 is 2.62 bits per heavy atom. The quantitative estimate of drug-likeness (QED) is 0.902. The molecule has 1 aliphatic rings. The molecular weight excluding hydrogens is 262 g/mol. The number of hydrogen-bond acceptors (Lipinski definition) is 5. The fourth-order valence-electron chi connectivity index (χ4n) is 3.02. The minimum Gasteiger partial charge on any atom is -0.373 e. The highest BCUT2D eigenvalue weighted by atomic mass is 15.3. The molecule has 1 aromatic heterocycles. The first-order valence-corrected chi connectivity index (χ1v) is 8.11. The standard InChI is InChI=1S/C16H29N5/c1-6-8-14-18-15(17-4)12(3)16(19-14)21-10-9-20(5)13(7-2)11-21/h13H,6-11H2,1-5H3,(H,17,18,19). The van der Waals surface area contributed by atoms with Gasteiger partial charge in [-0.2, -0.15) is 0 Å². The third-order valence-electron chi connectivity index (χ3n) is 4.42. The second-order valence-corrected chi connectivity index (χ2v) is 5.93. The van der Waals surface area contributed by atoms with Crippen LogP contribution >= 0.6 is 0 Å². The molecule has 0 aliphatic carbocycles. The molecule has 5 nitrogen and oxygen atoms in total. The van der Waals surface area contributed by atoms with Gasteiger partial charge in [-0.1, -0.05) is 13.8 Å². The van der Waals surface area contributed by atoms with Crippen LogP contribution in [0, 0.1) is 6.92 Å². The molecule has 21 heavy (non-hydrogen) atoms. The van der Waals surface area contributed by atoms with Crippen molar-refractivity contribution in [1.82, 2.24) is 14.9 Å². The zero-order chi connectivity index (χ0) is 15.4. The van der Waals surface area contributed by atoms with Gasteiger partial charge >= 0.3 is 0 Å². The SMILES string of the molecule is CCCc1nc(NC)c(C)c(N2CCN(C)C(CC)C2)n1. The van der Waals surface area contributed by atoms with Crippen LogP contribution < -0.4 is 10.2 Å². The van der Waals surface area contributed by atoms with Crippen molar-refractivity contribution in [2.45, 2.75) is 46.1 Å². The van der Waals surface area contributed by atoms with Gasteiger partial charge in [0.05, 0.1) is 0 Å². The molecule has 0 radical (unpaired) electrons. The first-order chi connectivity index (χ1) is 10.1. The van der Waals surface area contributed by atoms with Crippen LogP contribution in [0.25, 0.3) is 0 Å². The number of hydrogen-bond donors (Lipinski definition) is 1. The molecule has 1 fully saturated rings. The van der Waals surface area contributed by atoms with Gasteiger partial charge in [0.15, 0.2) is 0 Å².